The highest BCUT2D eigenvalue weighted by Crippen LogP contribution is 2.31. The lowest BCUT2D eigenvalue weighted by molar-refractivity contribution is 0.110. The van der Waals surface area contributed by atoms with Crippen LogP contribution in [0, 0.1) is 11.8 Å². The Hall–Kier alpha value is -0.120. The van der Waals surface area contributed by atoms with Gasteiger partial charge in [0.2, 0.25) is 0 Å². The van der Waals surface area contributed by atoms with E-state index in [0.29, 0.717) is 6.04 Å². The fourth-order valence-corrected chi connectivity index (χ4v) is 2.60. The molecular weight excluding hydrogens is 200 g/mol. The second kappa shape index (κ2) is 8.04. The summed E-state index contributed by atoms with van der Waals surface area (Å²) in [7, 11) is 0. The van der Waals surface area contributed by atoms with Crippen LogP contribution in [0.4, 0.5) is 0 Å². The molecule has 0 bridgehead atoms. The van der Waals surface area contributed by atoms with Gasteiger partial charge in [0.15, 0.2) is 0 Å². The fraction of sp³-hybridized carbons (Fsp3) is 1.00. The smallest absolute Gasteiger partial charge is 0.0481 e. The van der Waals surface area contributed by atoms with Gasteiger partial charge >= 0.3 is 0 Å². The van der Waals surface area contributed by atoms with Crippen LogP contribution < -0.4 is 11.3 Å². The van der Waals surface area contributed by atoms with Crippen LogP contribution in [0.1, 0.15) is 52.4 Å². The first-order valence-corrected chi connectivity index (χ1v) is 6.81. The molecule has 1 aliphatic rings. The van der Waals surface area contributed by atoms with Crippen molar-refractivity contribution < 1.29 is 4.74 Å². The summed E-state index contributed by atoms with van der Waals surface area (Å²) in [5.74, 6) is 7.31. The number of hydrogen-bond donors (Lipinski definition) is 2. The molecule has 96 valence electrons. The Bertz CT molecular complexity index is 167. The molecule has 0 amide bonds. The van der Waals surface area contributed by atoms with Crippen molar-refractivity contribution in [1.82, 2.24) is 5.43 Å². The number of rotatable bonds is 7. The van der Waals surface area contributed by atoms with Crippen LogP contribution in [0.15, 0.2) is 0 Å². The lowest BCUT2D eigenvalue weighted by Crippen LogP contribution is -2.42. The molecule has 3 heteroatoms. The molecule has 1 fully saturated rings. The van der Waals surface area contributed by atoms with Gasteiger partial charge in [-0.2, -0.15) is 0 Å². The van der Waals surface area contributed by atoms with Crippen LogP contribution in [0.3, 0.4) is 0 Å². The molecular formula is C13H28N2O. The summed E-state index contributed by atoms with van der Waals surface area (Å²) < 4.78 is 5.53. The van der Waals surface area contributed by atoms with E-state index in [-0.39, 0.29) is 0 Å². The summed E-state index contributed by atoms with van der Waals surface area (Å²) in [6.07, 6.45) is 7.52. The average Bonchev–Trinajstić information content (AvgIpc) is 2.31. The van der Waals surface area contributed by atoms with Crippen molar-refractivity contribution in [3.05, 3.63) is 0 Å². The van der Waals surface area contributed by atoms with Crippen LogP contribution >= 0.6 is 0 Å². The molecule has 0 radical (unpaired) electrons. The zero-order valence-electron chi connectivity index (χ0n) is 10.9. The van der Waals surface area contributed by atoms with E-state index >= 15 is 0 Å². The van der Waals surface area contributed by atoms with Crippen molar-refractivity contribution in [2.24, 2.45) is 17.7 Å². The third kappa shape index (κ3) is 4.81. The van der Waals surface area contributed by atoms with Gasteiger partial charge in [-0.1, -0.05) is 26.7 Å². The topological polar surface area (TPSA) is 47.3 Å². The molecule has 16 heavy (non-hydrogen) atoms. The first-order chi connectivity index (χ1) is 7.77. The monoisotopic (exact) mass is 228 g/mol. The average molecular weight is 228 g/mol. The standard InChI is InChI=1S/C13H28N2O/c1-3-9-16-10-8-13(15-14)12-6-4-11(2)5-7-12/h11-13,15H,3-10,14H2,1-2H3. The van der Waals surface area contributed by atoms with Crippen LogP contribution in [-0.4, -0.2) is 19.3 Å². The minimum absolute atomic E-state index is 0.448. The number of nitrogens with one attached hydrogen (secondary N) is 1. The molecule has 0 aliphatic heterocycles. The van der Waals surface area contributed by atoms with E-state index in [1.165, 1.54) is 25.7 Å². The zero-order valence-corrected chi connectivity index (χ0v) is 10.9. The highest BCUT2D eigenvalue weighted by molar-refractivity contribution is 4.79. The highest BCUT2D eigenvalue weighted by Gasteiger charge is 2.24. The lowest BCUT2D eigenvalue weighted by Gasteiger charge is -2.32. The summed E-state index contributed by atoms with van der Waals surface area (Å²) in [6.45, 7) is 6.21. The van der Waals surface area contributed by atoms with Crippen LogP contribution in [0.25, 0.3) is 0 Å². The van der Waals surface area contributed by atoms with Gasteiger partial charge in [0.25, 0.3) is 0 Å². The van der Waals surface area contributed by atoms with E-state index < -0.39 is 0 Å². The van der Waals surface area contributed by atoms with E-state index in [4.69, 9.17) is 10.6 Å². The van der Waals surface area contributed by atoms with Gasteiger partial charge < -0.3 is 4.74 Å². The zero-order chi connectivity index (χ0) is 11.8. The predicted molar refractivity (Wildman–Crippen MR) is 68.0 cm³/mol. The molecule has 1 saturated carbocycles. The van der Waals surface area contributed by atoms with E-state index in [1.807, 2.05) is 0 Å². The van der Waals surface area contributed by atoms with E-state index in [2.05, 4.69) is 19.3 Å². The molecule has 0 aromatic heterocycles. The van der Waals surface area contributed by atoms with E-state index in [9.17, 15) is 0 Å². The summed E-state index contributed by atoms with van der Waals surface area (Å²) in [6, 6.07) is 0.448. The fourth-order valence-electron chi connectivity index (χ4n) is 2.60. The van der Waals surface area contributed by atoms with Gasteiger partial charge in [-0.15, -0.1) is 0 Å². The van der Waals surface area contributed by atoms with Crippen molar-refractivity contribution >= 4 is 0 Å². The Morgan fingerprint density at radius 2 is 1.94 bits per heavy atom. The Morgan fingerprint density at radius 1 is 1.25 bits per heavy atom. The number of ether oxygens (including phenoxy) is 1. The van der Waals surface area contributed by atoms with Crippen molar-refractivity contribution in [2.45, 2.75) is 58.4 Å². The van der Waals surface area contributed by atoms with Crippen LogP contribution in [0.2, 0.25) is 0 Å². The summed E-state index contributed by atoms with van der Waals surface area (Å²) in [5, 5.41) is 0. The molecule has 0 spiro atoms. The van der Waals surface area contributed by atoms with Gasteiger partial charge in [0, 0.05) is 19.3 Å². The molecule has 1 rings (SSSR count). The van der Waals surface area contributed by atoms with Gasteiger partial charge in [0.1, 0.15) is 0 Å². The molecule has 1 atom stereocenters. The molecule has 1 unspecified atom stereocenters. The predicted octanol–water partition coefficient (Wildman–Crippen LogP) is 2.46. The quantitative estimate of drug-likeness (QED) is 0.400. The molecule has 0 aromatic rings. The third-order valence-electron chi connectivity index (χ3n) is 3.77. The number of hydrogen-bond acceptors (Lipinski definition) is 3. The third-order valence-corrected chi connectivity index (χ3v) is 3.77. The largest absolute Gasteiger partial charge is 0.381 e. The van der Waals surface area contributed by atoms with Crippen molar-refractivity contribution in [3.8, 4) is 0 Å². The van der Waals surface area contributed by atoms with Gasteiger partial charge in [-0.05, 0) is 37.5 Å². The molecule has 3 nitrogen and oxygen atoms in total. The van der Waals surface area contributed by atoms with Gasteiger partial charge in [0.05, 0.1) is 0 Å². The molecule has 3 N–H and O–H groups in total. The van der Waals surface area contributed by atoms with Crippen LogP contribution in [-0.2, 0) is 4.74 Å². The molecule has 1 aliphatic carbocycles. The Kier molecular flexibility index (Phi) is 7.01. The van der Waals surface area contributed by atoms with Gasteiger partial charge in [-0.3, -0.25) is 11.3 Å². The maximum atomic E-state index is 5.65. The van der Waals surface area contributed by atoms with Gasteiger partial charge in [-0.25, -0.2) is 0 Å². The molecule has 0 heterocycles. The first-order valence-electron chi connectivity index (χ1n) is 6.81. The van der Waals surface area contributed by atoms with Crippen molar-refractivity contribution in [3.63, 3.8) is 0 Å². The van der Waals surface area contributed by atoms with Crippen molar-refractivity contribution in [2.75, 3.05) is 13.2 Å². The highest BCUT2D eigenvalue weighted by atomic mass is 16.5. The van der Waals surface area contributed by atoms with Crippen LogP contribution in [0.5, 0.6) is 0 Å². The normalized spacial score (nSPS) is 27.9. The second-order valence-electron chi connectivity index (χ2n) is 5.19. The number of nitrogens with two attached hydrogens (primary N) is 1. The van der Waals surface area contributed by atoms with Crippen molar-refractivity contribution in [1.29, 1.82) is 0 Å². The van der Waals surface area contributed by atoms with E-state index in [1.54, 1.807) is 0 Å². The minimum Gasteiger partial charge on any atom is -0.381 e. The molecule has 0 saturated heterocycles. The lowest BCUT2D eigenvalue weighted by atomic mass is 9.78. The maximum Gasteiger partial charge on any atom is 0.0481 e. The minimum atomic E-state index is 0.448. The SMILES string of the molecule is CCCOCCC(NN)C1CCC(C)CC1. The summed E-state index contributed by atoms with van der Waals surface area (Å²) >= 11 is 0. The Labute approximate surface area is 100 Å². The Balaban J connectivity index is 2.19. The first kappa shape index (κ1) is 13.9. The number of hydrazine groups is 1. The summed E-state index contributed by atoms with van der Waals surface area (Å²) in [5.41, 5.74) is 2.98. The molecule has 0 aromatic carbocycles. The Morgan fingerprint density at radius 3 is 2.50 bits per heavy atom. The maximum absolute atomic E-state index is 5.65. The summed E-state index contributed by atoms with van der Waals surface area (Å²) in [4.78, 5) is 0. The van der Waals surface area contributed by atoms with E-state index in [0.717, 1.165) is 37.9 Å². The second-order valence-corrected chi connectivity index (χ2v) is 5.19.